The summed E-state index contributed by atoms with van der Waals surface area (Å²) in [5.74, 6) is -0.675. The molecule has 0 aromatic rings. The highest BCUT2D eigenvalue weighted by molar-refractivity contribution is 5.84. The number of carbonyl (C=O) groups excluding carboxylic acids is 2. The van der Waals surface area contributed by atoms with Crippen LogP contribution in [0.2, 0.25) is 0 Å². The molecule has 2 rings (SSSR count). The zero-order valence-corrected chi connectivity index (χ0v) is 12.8. The molecule has 6 nitrogen and oxygen atoms in total. The van der Waals surface area contributed by atoms with Crippen LogP contribution in [0.25, 0.3) is 0 Å². The summed E-state index contributed by atoms with van der Waals surface area (Å²) in [6, 6.07) is 0. The van der Waals surface area contributed by atoms with Gasteiger partial charge in [0.25, 0.3) is 0 Å². The summed E-state index contributed by atoms with van der Waals surface area (Å²) in [4.78, 5) is 25.9. The van der Waals surface area contributed by atoms with Crippen molar-refractivity contribution in [2.24, 2.45) is 11.1 Å². The predicted molar refractivity (Wildman–Crippen MR) is 75.2 cm³/mol. The van der Waals surface area contributed by atoms with E-state index in [0.717, 1.165) is 0 Å². The fourth-order valence-electron chi connectivity index (χ4n) is 3.40. The zero-order valence-electron chi connectivity index (χ0n) is 12.8. The van der Waals surface area contributed by atoms with E-state index in [-0.39, 0.29) is 17.9 Å². The van der Waals surface area contributed by atoms with Gasteiger partial charge in [0.15, 0.2) is 6.10 Å². The molecule has 1 spiro atoms. The summed E-state index contributed by atoms with van der Waals surface area (Å²) in [6.07, 6.45) is -4.66. The van der Waals surface area contributed by atoms with Crippen LogP contribution in [-0.2, 0) is 9.59 Å². The Labute approximate surface area is 132 Å². The van der Waals surface area contributed by atoms with Crippen molar-refractivity contribution in [1.82, 2.24) is 9.80 Å². The summed E-state index contributed by atoms with van der Waals surface area (Å²) in [7, 11) is 0. The number of aliphatic hydroxyl groups is 1. The highest BCUT2D eigenvalue weighted by atomic mass is 19.4. The molecule has 0 aromatic carbocycles. The van der Waals surface area contributed by atoms with Gasteiger partial charge in [-0.1, -0.05) is 0 Å². The molecule has 2 aliphatic heterocycles. The Hall–Kier alpha value is -1.35. The van der Waals surface area contributed by atoms with Gasteiger partial charge in [-0.25, -0.2) is 0 Å². The Morgan fingerprint density at radius 3 is 2.43 bits per heavy atom. The van der Waals surface area contributed by atoms with Gasteiger partial charge in [-0.2, -0.15) is 13.2 Å². The van der Waals surface area contributed by atoms with Crippen LogP contribution in [0.1, 0.15) is 25.7 Å². The van der Waals surface area contributed by atoms with Crippen molar-refractivity contribution in [3.05, 3.63) is 0 Å². The number of likely N-dealkylation sites (tertiary alicyclic amines) is 2. The van der Waals surface area contributed by atoms with Gasteiger partial charge in [0.1, 0.15) is 0 Å². The highest BCUT2D eigenvalue weighted by Crippen LogP contribution is 2.40. The first kappa shape index (κ1) is 18.0. The van der Waals surface area contributed by atoms with Crippen LogP contribution in [0, 0.1) is 5.41 Å². The molecule has 0 radical (unpaired) electrons. The molecule has 1 atom stereocenters. The van der Waals surface area contributed by atoms with Crippen LogP contribution in [0.15, 0.2) is 0 Å². The molecule has 132 valence electrons. The molecule has 2 heterocycles. The number of rotatable bonds is 4. The minimum absolute atomic E-state index is 0.107. The van der Waals surface area contributed by atoms with Crippen LogP contribution in [0.5, 0.6) is 0 Å². The number of β-amino-alcohol motifs (C(OH)–C–C–N with tert-alkyl or cyclic N) is 1. The van der Waals surface area contributed by atoms with Crippen LogP contribution in [0.4, 0.5) is 13.2 Å². The third kappa shape index (κ3) is 4.57. The van der Waals surface area contributed by atoms with Crippen LogP contribution >= 0.6 is 0 Å². The van der Waals surface area contributed by atoms with E-state index in [0.29, 0.717) is 45.3 Å². The zero-order chi connectivity index (χ0) is 17.3. The average molecular weight is 337 g/mol. The summed E-state index contributed by atoms with van der Waals surface area (Å²) in [5, 5.41) is 9.14. The van der Waals surface area contributed by atoms with Crippen molar-refractivity contribution >= 4 is 11.8 Å². The predicted octanol–water partition coefficient (Wildman–Crippen LogP) is 0.0995. The van der Waals surface area contributed by atoms with Gasteiger partial charge >= 0.3 is 6.18 Å². The molecule has 0 unspecified atom stereocenters. The number of nitrogens with zero attached hydrogens (tertiary/aromatic N) is 2. The fraction of sp³-hybridized carbons (Fsp3) is 0.857. The van der Waals surface area contributed by atoms with E-state index in [1.165, 1.54) is 4.90 Å². The maximum absolute atomic E-state index is 12.4. The lowest BCUT2D eigenvalue weighted by Crippen LogP contribution is -2.54. The van der Waals surface area contributed by atoms with E-state index in [4.69, 9.17) is 10.8 Å². The van der Waals surface area contributed by atoms with E-state index < -0.39 is 24.7 Å². The summed E-state index contributed by atoms with van der Waals surface area (Å²) >= 11 is 0. The number of nitrogens with two attached hydrogens (primary N) is 1. The van der Waals surface area contributed by atoms with Crippen molar-refractivity contribution in [1.29, 1.82) is 0 Å². The molecule has 2 saturated heterocycles. The van der Waals surface area contributed by atoms with Crippen molar-refractivity contribution in [3.8, 4) is 0 Å². The second-order valence-corrected chi connectivity index (χ2v) is 6.57. The van der Waals surface area contributed by atoms with Gasteiger partial charge in [0.05, 0.1) is 6.54 Å². The van der Waals surface area contributed by atoms with E-state index in [2.05, 4.69) is 0 Å². The Morgan fingerprint density at radius 1 is 1.30 bits per heavy atom. The fourth-order valence-corrected chi connectivity index (χ4v) is 3.40. The monoisotopic (exact) mass is 337 g/mol. The van der Waals surface area contributed by atoms with Gasteiger partial charge in [0.2, 0.25) is 11.8 Å². The second-order valence-electron chi connectivity index (χ2n) is 6.57. The number of piperidine rings is 2. The summed E-state index contributed by atoms with van der Waals surface area (Å²) < 4.78 is 37.2. The number of hydrogen-bond acceptors (Lipinski definition) is 4. The Balaban J connectivity index is 1.90. The number of primary amides is 1. The summed E-state index contributed by atoms with van der Waals surface area (Å²) in [6.45, 7) is 0.752. The maximum Gasteiger partial charge on any atom is 0.415 e. The largest absolute Gasteiger partial charge is 0.415 e. The third-order valence-electron chi connectivity index (χ3n) is 4.82. The number of aliphatic hydroxyl groups excluding tert-OH is 1. The Morgan fingerprint density at radius 2 is 1.91 bits per heavy atom. The molecule has 0 aliphatic carbocycles. The molecule has 2 fully saturated rings. The molecule has 0 saturated carbocycles. The topological polar surface area (TPSA) is 86.9 Å². The SMILES string of the molecule is NC(=O)CN1CC2(CCC1=O)CCN(C[C@H](O)C(F)(F)F)CC2. The molecule has 9 heteroatoms. The van der Waals surface area contributed by atoms with Gasteiger partial charge in [-0.15, -0.1) is 0 Å². The molecule has 23 heavy (non-hydrogen) atoms. The average Bonchev–Trinajstić information content (AvgIpc) is 2.44. The van der Waals surface area contributed by atoms with Gasteiger partial charge < -0.3 is 20.6 Å². The molecule has 0 aromatic heterocycles. The standard InChI is InChI=1S/C14H22F3N3O3/c15-14(16,17)10(21)7-19-5-3-13(4-6-19)2-1-12(23)20(9-13)8-11(18)22/h10,21H,1-9H2,(H2,18,22)/t10-/m0/s1. The quantitative estimate of drug-likeness (QED) is 0.762. The molecular formula is C14H22F3N3O3. The number of halogens is 3. The second kappa shape index (κ2) is 6.64. The number of amides is 2. The third-order valence-corrected chi connectivity index (χ3v) is 4.82. The first-order valence-electron chi connectivity index (χ1n) is 7.65. The van der Waals surface area contributed by atoms with Gasteiger partial charge in [-0.3, -0.25) is 9.59 Å². The Kier molecular flexibility index (Phi) is 5.20. The summed E-state index contributed by atoms with van der Waals surface area (Å²) in [5.41, 5.74) is 4.98. The number of hydrogen-bond donors (Lipinski definition) is 2. The number of carbonyl (C=O) groups is 2. The van der Waals surface area contributed by atoms with Crippen molar-refractivity contribution in [2.45, 2.75) is 38.0 Å². The lowest BCUT2D eigenvalue weighted by Gasteiger charge is -2.47. The van der Waals surface area contributed by atoms with Gasteiger partial charge in [0, 0.05) is 19.5 Å². The first-order chi connectivity index (χ1) is 10.6. The molecule has 0 bridgehead atoms. The molecular weight excluding hydrogens is 315 g/mol. The van der Waals surface area contributed by atoms with Crippen LogP contribution < -0.4 is 5.73 Å². The van der Waals surface area contributed by atoms with Crippen molar-refractivity contribution in [3.63, 3.8) is 0 Å². The smallest absolute Gasteiger partial charge is 0.382 e. The number of alkyl halides is 3. The lowest BCUT2D eigenvalue weighted by molar-refractivity contribution is -0.209. The van der Waals surface area contributed by atoms with Crippen molar-refractivity contribution < 1.29 is 27.9 Å². The van der Waals surface area contributed by atoms with Crippen LogP contribution in [0.3, 0.4) is 0 Å². The van der Waals surface area contributed by atoms with Crippen molar-refractivity contribution in [2.75, 3.05) is 32.7 Å². The highest BCUT2D eigenvalue weighted by Gasteiger charge is 2.43. The van der Waals surface area contributed by atoms with E-state index in [1.807, 2.05) is 0 Å². The molecule has 2 aliphatic rings. The molecule has 2 amide bonds. The lowest BCUT2D eigenvalue weighted by atomic mass is 9.72. The van der Waals surface area contributed by atoms with Gasteiger partial charge in [-0.05, 0) is 37.8 Å². The molecule has 3 N–H and O–H groups in total. The maximum atomic E-state index is 12.4. The normalized spacial score (nSPS) is 24.0. The minimum Gasteiger partial charge on any atom is -0.382 e. The van der Waals surface area contributed by atoms with E-state index in [1.54, 1.807) is 4.90 Å². The van der Waals surface area contributed by atoms with E-state index in [9.17, 15) is 22.8 Å². The Bertz CT molecular complexity index is 462. The van der Waals surface area contributed by atoms with Crippen LogP contribution in [-0.4, -0.2) is 71.7 Å². The minimum atomic E-state index is -4.61. The van der Waals surface area contributed by atoms with E-state index >= 15 is 0 Å². The first-order valence-corrected chi connectivity index (χ1v) is 7.65.